The maximum absolute atomic E-state index is 5.57. The van der Waals surface area contributed by atoms with Gasteiger partial charge in [-0.2, -0.15) is 0 Å². The molecule has 0 aromatic carbocycles. The first-order chi connectivity index (χ1) is 9.08. The summed E-state index contributed by atoms with van der Waals surface area (Å²) in [5.74, 6) is 0.661. The second kappa shape index (κ2) is 6.63. The van der Waals surface area contributed by atoms with Crippen molar-refractivity contribution in [3.05, 3.63) is 16.9 Å². The minimum atomic E-state index is -0.0727. The van der Waals surface area contributed by atoms with E-state index in [0.717, 1.165) is 23.9 Å². The molecule has 1 N–H and O–H groups in total. The van der Waals surface area contributed by atoms with Gasteiger partial charge in [0.2, 0.25) is 5.95 Å². The van der Waals surface area contributed by atoms with Crippen LogP contribution in [-0.2, 0) is 9.47 Å². The van der Waals surface area contributed by atoms with Gasteiger partial charge < -0.3 is 14.8 Å². The molecule has 0 atom stereocenters. The van der Waals surface area contributed by atoms with Gasteiger partial charge in [0.1, 0.15) is 0 Å². The summed E-state index contributed by atoms with van der Waals surface area (Å²) < 4.78 is 12.0. The van der Waals surface area contributed by atoms with E-state index in [9.17, 15) is 0 Å². The molecule has 0 saturated carbocycles. The van der Waals surface area contributed by atoms with Crippen LogP contribution in [0, 0.1) is 5.41 Å². The molecule has 1 aliphatic heterocycles. The third-order valence-corrected chi connectivity index (χ3v) is 3.57. The van der Waals surface area contributed by atoms with Crippen LogP contribution in [0.2, 0.25) is 0 Å². The first-order valence-corrected chi connectivity index (χ1v) is 7.32. The summed E-state index contributed by atoms with van der Waals surface area (Å²) >= 11 is 3.31. The predicted octanol–water partition coefficient (Wildman–Crippen LogP) is 2.83. The number of hydrogen-bond donors (Lipinski definition) is 1. The van der Waals surface area contributed by atoms with Crippen molar-refractivity contribution >= 4 is 21.9 Å². The van der Waals surface area contributed by atoms with Gasteiger partial charge >= 0.3 is 0 Å². The van der Waals surface area contributed by atoms with Gasteiger partial charge in [-0.25, -0.2) is 9.97 Å². The molecule has 1 aliphatic rings. The molecule has 1 fully saturated rings. The molecule has 1 saturated heterocycles. The summed E-state index contributed by atoms with van der Waals surface area (Å²) in [7, 11) is 0. The van der Waals surface area contributed by atoms with E-state index >= 15 is 0 Å². The van der Waals surface area contributed by atoms with E-state index in [-0.39, 0.29) is 11.7 Å². The Kier molecular flexibility index (Phi) is 5.13. The zero-order chi connectivity index (χ0) is 13.7. The lowest BCUT2D eigenvalue weighted by atomic mass is 9.87. The summed E-state index contributed by atoms with van der Waals surface area (Å²) in [5.41, 5.74) is 0.0404. The minimum Gasteiger partial charge on any atom is -0.354 e. The molecular formula is C13H20BrN3O2. The minimum absolute atomic E-state index is 0.0404. The van der Waals surface area contributed by atoms with Crippen LogP contribution in [0.25, 0.3) is 0 Å². The second-order valence-electron chi connectivity index (χ2n) is 5.32. The zero-order valence-corrected chi connectivity index (χ0v) is 12.9. The van der Waals surface area contributed by atoms with Gasteiger partial charge in [0, 0.05) is 24.4 Å². The van der Waals surface area contributed by atoms with Crippen LogP contribution >= 0.6 is 15.9 Å². The van der Waals surface area contributed by atoms with Crippen molar-refractivity contribution in [3.8, 4) is 0 Å². The molecule has 0 bridgehead atoms. The molecule has 0 amide bonds. The van der Waals surface area contributed by atoms with Crippen molar-refractivity contribution in [2.24, 2.45) is 5.41 Å². The molecule has 19 heavy (non-hydrogen) atoms. The number of aromatic nitrogens is 2. The molecule has 2 heterocycles. The van der Waals surface area contributed by atoms with Gasteiger partial charge in [-0.1, -0.05) is 13.8 Å². The average molecular weight is 330 g/mol. The fourth-order valence-electron chi connectivity index (χ4n) is 2.08. The number of halogens is 1. The maximum atomic E-state index is 5.57. The monoisotopic (exact) mass is 329 g/mol. The van der Waals surface area contributed by atoms with Crippen LogP contribution in [0.15, 0.2) is 16.9 Å². The van der Waals surface area contributed by atoms with E-state index in [0.29, 0.717) is 19.2 Å². The van der Waals surface area contributed by atoms with Crippen molar-refractivity contribution in [2.45, 2.75) is 33.0 Å². The molecule has 0 radical (unpaired) electrons. The Bertz CT molecular complexity index is 391. The van der Waals surface area contributed by atoms with E-state index < -0.39 is 0 Å². The lowest BCUT2D eigenvalue weighted by molar-refractivity contribution is -0.122. The van der Waals surface area contributed by atoms with E-state index in [1.54, 1.807) is 12.4 Å². The smallest absolute Gasteiger partial charge is 0.222 e. The highest BCUT2D eigenvalue weighted by atomic mass is 79.9. The first kappa shape index (κ1) is 14.7. The molecule has 0 unspecified atom stereocenters. The third kappa shape index (κ3) is 4.40. The van der Waals surface area contributed by atoms with E-state index in [2.05, 4.69) is 45.1 Å². The van der Waals surface area contributed by atoms with Crippen LogP contribution in [0.5, 0.6) is 0 Å². The molecule has 1 aromatic heterocycles. The van der Waals surface area contributed by atoms with Gasteiger partial charge in [0.25, 0.3) is 0 Å². The number of nitrogens with one attached hydrogen (secondary N) is 1. The SMILES string of the molecule is CC(C)(CCCNc1ncc(Br)cn1)C1OCCO1. The van der Waals surface area contributed by atoms with Crippen LogP contribution in [0.1, 0.15) is 26.7 Å². The molecule has 106 valence electrons. The second-order valence-corrected chi connectivity index (χ2v) is 6.23. The molecular weight excluding hydrogens is 310 g/mol. The lowest BCUT2D eigenvalue weighted by Gasteiger charge is -2.29. The van der Waals surface area contributed by atoms with Crippen molar-refractivity contribution in [2.75, 3.05) is 25.1 Å². The number of nitrogens with zero attached hydrogens (tertiary/aromatic N) is 2. The molecule has 0 spiro atoms. The van der Waals surface area contributed by atoms with Crippen molar-refractivity contribution in [1.82, 2.24) is 9.97 Å². The summed E-state index contributed by atoms with van der Waals surface area (Å²) in [6.45, 7) is 6.62. The van der Waals surface area contributed by atoms with Crippen molar-refractivity contribution in [1.29, 1.82) is 0 Å². The Hall–Kier alpha value is -0.720. The molecule has 6 heteroatoms. The van der Waals surface area contributed by atoms with E-state index in [1.165, 1.54) is 0 Å². The van der Waals surface area contributed by atoms with Crippen LogP contribution in [0.3, 0.4) is 0 Å². The predicted molar refractivity (Wildman–Crippen MR) is 76.9 cm³/mol. The Morgan fingerprint density at radius 3 is 2.58 bits per heavy atom. The quantitative estimate of drug-likeness (QED) is 0.813. The highest BCUT2D eigenvalue weighted by molar-refractivity contribution is 9.10. The topological polar surface area (TPSA) is 56.3 Å². The Morgan fingerprint density at radius 2 is 1.95 bits per heavy atom. The standard InChI is InChI=1S/C13H20BrN3O2/c1-13(2,11-18-6-7-19-11)4-3-5-15-12-16-8-10(14)9-17-12/h8-9,11H,3-7H2,1-2H3,(H,15,16,17). The van der Waals surface area contributed by atoms with Gasteiger partial charge in [-0.3, -0.25) is 0 Å². The lowest BCUT2D eigenvalue weighted by Crippen LogP contribution is -2.30. The van der Waals surface area contributed by atoms with Crippen LogP contribution < -0.4 is 5.32 Å². The molecule has 2 rings (SSSR count). The van der Waals surface area contributed by atoms with E-state index in [4.69, 9.17) is 9.47 Å². The highest BCUT2D eigenvalue weighted by Crippen LogP contribution is 2.31. The third-order valence-electron chi connectivity index (χ3n) is 3.16. The van der Waals surface area contributed by atoms with Gasteiger partial charge in [-0.05, 0) is 28.8 Å². The summed E-state index contributed by atoms with van der Waals surface area (Å²) in [6.07, 6.45) is 5.45. The zero-order valence-electron chi connectivity index (χ0n) is 11.4. The number of anilines is 1. The summed E-state index contributed by atoms with van der Waals surface area (Å²) in [5, 5.41) is 3.21. The number of ether oxygens (including phenoxy) is 2. The number of hydrogen-bond acceptors (Lipinski definition) is 5. The summed E-state index contributed by atoms with van der Waals surface area (Å²) in [6, 6.07) is 0. The summed E-state index contributed by atoms with van der Waals surface area (Å²) in [4.78, 5) is 8.34. The van der Waals surface area contributed by atoms with Crippen LogP contribution in [-0.4, -0.2) is 36.0 Å². The first-order valence-electron chi connectivity index (χ1n) is 6.52. The molecule has 5 nitrogen and oxygen atoms in total. The average Bonchev–Trinajstić information content (AvgIpc) is 2.91. The van der Waals surface area contributed by atoms with Gasteiger partial charge in [-0.15, -0.1) is 0 Å². The van der Waals surface area contributed by atoms with Gasteiger partial charge in [0.05, 0.1) is 17.7 Å². The molecule has 0 aliphatic carbocycles. The fraction of sp³-hybridized carbons (Fsp3) is 0.692. The Labute approximate surface area is 122 Å². The van der Waals surface area contributed by atoms with Crippen molar-refractivity contribution in [3.63, 3.8) is 0 Å². The maximum Gasteiger partial charge on any atom is 0.222 e. The van der Waals surface area contributed by atoms with E-state index in [1.807, 2.05) is 0 Å². The highest BCUT2D eigenvalue weighted by Gasteiger charge is 2.33. The molecule has 1 aromatic rings. The Morgan fingerprint density at radius 1 is 1.32 bits per heavy atom. The van der Waals surface area contributed by atoms with Crippen molar-refractivity contribution < 1.29 is 9.47 Å². The Balaban J connectivity index is 1.69. The van der Waals surface area contributed by atoms with Gasteiger partial charge in [0.15, 0.2) is 6.29 Å². The largest absolute Gasteiger partial charge is 0.354 e. The number of rotatable bonds is 6. The van der Waals surface area contributed by atoms with Crippen LogP contribution in [0.4, 0.5) is 5.95 Å². The normalized spacial score (nSPS) is 16.8. The fourth-order valence-corrected chi connectivity index (χ4v) is 2.28.